The lowest BCUT2D eigenvalue weighted by atomic mass is 10.2. The Bertz CT molecular complexity index is 935. The molecule has 1 aliphatic heterocycles. The third-order valence-electron chi connectivity index (χ3n) is 5.82. The van der Waals surface area contributed by atoms with Gasteiger partial charge in [0.15, 0.2) is 0 Å². The topological polar surface area (TPSA) is 100 Å². The summed E-state index contributed by atoms with van der Waals surface area (Å²) in [5.74, 6) is 1.31. The van der Waals surface area contributed by atoms with E-state index in [4.69, 9.17) is 0 Å². The minimum atomic E-state index is -0.169. The highest BCUT2D eigenvalue weighted by molar-refractivity contribution is 5.93. The van der Waals surface area contributed by atoms with Gasteiger partial charge in [-0.15, -0.1) is 0 Å². The summed E-state index contributed by atoms with van der Waals surface area (Å²) in [5, 5.41) is 2.95. The van der Waals surface area contributed by atoms with Gasteiger partial charge < -0.3 is 19.8 Å². The van der Waals surface area contributed by atoms with Gasteiger partial charge >= 0.3 is 0 Å². The Labute approximate surface area is 156 Å². The van der Waals surface area contributed by atoms with Gasteiger partial charge in [0.2, 0.25) is 11.5 Å². The van der Waals surface area contributed by atoms with E-state index < -0.39 is 0 Å². The van der Waals surface area contributed by atoms with Crippen LogP contribution in [-0.2, 0) is 18.3 Å². The summed E-state index contributed by atoms with van der Waals surface area (Å²) in [6.45, 7) is 4.04. The summed E-state index contributed by atoms with van der Waals surface area (Å²) in [6.07, 6.45) is 3.49. The second-order valence-corrected chi connectivity index (χ2v) is 7.52. The number of carbonyl (C=O) groups is 2. The van der Waals surface area contributed by atoms with Crippen LogP contribution in [0.25, 0.3) is 0 Å². The van der Waals surface area contributed by atoms with Crippen LogP contribution in [0.5, 0.6) is 0 Å². The molecule has 4 rings (SSSR count). The zero-order valence-corrected chi connectivity index (χ0v) is 15.4. The fourth-order valence-electron chi connectivity index (χ4n) is 4.02. The normalized spacial score (nSPS) is 23.2. The number of rotatable bonds is 5. The predicted molar refractivity (Wildman–Crippen MR) is 98.1 cm³/mol. The number of fused-ring (bicyclic) bond motifs is 1. The van der Waals surface area contributed by atoms with E-state index in [1.807, 2.05) is 11.8 Å². The first-order chi connectivity index (χ1) is 12.9. The van der Waals surface area contributed by atoms with Crippen LogP contribution in [0, 0.1) is 24.7 Å². The molecule has 27 heavy (non-hydrogen) atoms. The minimum absolute atomic E-state index is 0.116. The number of nitrogens with zero attached hydrogens (tertiary/aromatic N) is 3. The van der Waals surface area contributed by atoms with Crippen molar-refractivity contribution in [3.05, 3.63) is 52.0 Å². The molecule has 0 spiro atoms. The number of aromatic amines is 1. The third-order valence-corrected chi connectivity index (χ3v) is 5.82. The predicted octanol–water partition coefficient (Wildman–Crippen LogP) is 0.0937. The number of imidazole rings is 1. The Balaban J connectivity index is 1.25. The molecule has 8 nitrogen and oxygen atoms in total. The van der Waals surface area contributed by atoms with Crippen molar-refractivity contribution in [2.45, 2.75) is 13.3 Å². The highest BCUT2D eigenvalue weighted by Crippen LogP contribution is 2.51. The number of amides is 2. The molecule has 142 valence electrons. The van der Waals surface area contributed by atoms with Crippen LogP contribution in [0.1, 0.15) is 21.7 Å². The van der Waals surface area contributed by atoms with Crippen molar-refractivity contribution in [1.82, 2.24) is 24.8 Å². The zero-order chi connectivity index (χ0) is 19.1. The SMILES string of the molecule is Cc1[nH]cnc1CC(=O)N1C[C@@H]2C(CNC(=O)c3ccc(=O)n(C)c3)[C@@H]2C1. The molecule has 8 heteroatoms. The van der Waals surface area contributed by atoms with Crippen LogP contribution in [0.15, 0.2) is 29.5 Å². The Kier molecular flexibility index (Phi) is 4.33. The van der Waals surface area contributed by atoms with Gasteiger partial charge in [0.1, 0.15) is 0 Å². The second-order valence-electron chi connectivity index (χ2n) is 7.52. The van der Waals surface area contributed by atoms with Gasteiger partial charge in [-0.25, -0.2) is 4.98 Å². The van der Waals surface area contributed by atoms with Gasteiger partial charge in [0.05, 0.1) is 24.0 Å². The Morgan fingerprint density at radius 1 is 1.30 bits per heavy atom. The first-order valence-electron chi connectivity index (χ1n) is 9.15. The summed E-state index contributed by atoms with van der Waals surface area (Å²) in [4.78, 5) is 45.2. The Hall–Kier alpha value is -2.90. The summed E-state index contributed by atoms with van der Waals surface area (Å²) in [6, 6.07) is 2.94. The molecule has 0 bridgehead atoms. The zero-order valence-electron chi connectivity index (χ0n) is 15.4. The van der Waals surface area contributed by atoms with Crippen LogP contribution in [-0.4, -0.2) is 50.9 Å². The Morgan fingerprint density at radius 3 is 2.67 bits per heavy atom. The smallest absolute Gasteiger partial charge is 0.252 e. The molecule has 2 amide bonds. The number of hydrogen-bond donors (Lipinski definition) is 2. The minimum Gasteiger partial charge on any atom is -0.352 e. The van der Waals surface area contributed by atoms with Crippen molar-refractivity contribution in [2.75, 3.05) is 19.6 Å². The lowest BCUT2D eigenvalue weighted by molar-refractivity contribution is -0.130. The van der Waals surface area contributed by atoms with E-state index in [1.54, 1.807) is 25.6 Å². The lowest BCUT2D eigenvalue weighted by Gasteiger charge is -2.20. The largest absolute Gasteiger partial charge is 0.352 e. The number of hydrogen-bond acceptors (Lipinski definition) is 4. The molecule has 2 aromatic rings. The second kappa shape index (κ2) is 6.68. The monoisotopic (exact) mass is 369 g/mol. The number of piperidine rings is 1. The number of carbonyl (C=O) groups excluding carboxylic acids is 2. The molecule has 0 radical (unpaired) electrons. The molecule has 3 atom stereocenters. The maximum atomic E-state index is 12.4. The molecule has 1 unspecified atom stereocenters. The number of likely N-dealkylation sites (tertiary alicyclic amines) is 1. The van der Waals surface area contributed by atoms with Crippen LogP contribution >= 0.6 is 0 Å². The lowest BCUT2D eigenvalue weighted by Crippen LogP contribution is -2.35. The summed E-state index contributed by atoms with van der Waals surface area (Å²) in [5.41, 5.74) is 2.08. The fraction of sp³-hybridized carbons (Fsp3) is 0.474. The van der Waals surface area contributed by atoms with Gasteiger partial charge in [-0.1, -0.05) is 0 Å². The van der Waals surface area contributed by atoms with E-state index in [0.29, 0.717) is 36.3 Å². The van der Waals surface area contributed by atoms with Gasteiger partial charge in [0.25, 0.3) is 5.91 Å². The van der Waals surface area contributed by atoms with Crippen molar-refractivity contribution in [2.24, 2.45) is 24.8 Å². The molecule has 2 aromatic heterocycles. The molecular formula is C19H23N5O3. The molecular weight excluding hydrogens is 346 g/mol. The third kappa shape index (κ3) is 3.39. The van der Waals surface area contributed by atoms with Crippen molar-refractivity contribution in [1.29, 1.82) is 0 Å². The van der Waals surface area contributed by atoms with E-state index in [0.717, 1.165) is 24.5 Å². The molecule has 2 N–H and O–H groups in total. The van der Waals surface area contributed by atoms with Gasteiger partial charge in [-0.05, 0) is 30.7 Å². The summed E-state index contributed by atoms with van der Waals surface area (Å²) < 4.78 is 1.39. The van der Waals surface area contributed by atoms with Crippen molar-refractivity contribution >= 4 is 11.8 Å². The molecule has 1 aliphatic carbocycles. The van der Waals surface area contributed by atoms with Crippen LogP contribution < -0.4 is 10.9 Å². The standard InChI is InChI=1S/C19H23N5O3/c1-11-16(22-10-21-11)5-18(26)24-8-14-13(15(14)9-24)6-20-19(27)12-3-4-17(25)23(2)7-12/h3-4,7,10,13-15H,5-6,8-9H2,1-2H3,(H,20,27)(H,21,22)/t13?,14-,15+. The fourth-order valence-corrected chi connectivity index (χ4v) is 4.02. The first kappa shape index (κ1) is 17.5. The van der Waals surface area contributed by atoms with Crippen LogP contribution in [0.4, 0.5) is 0 Å². The number of nitrogens with one attached hydrogen (secondary N) is 2. The quantitative estimate of drug-likeness (QED) is 0.780. The van der Waals surface area contributed by atoms with E-state index >= 15 is 0 Å². The van der Waals surface area contributed by atoms with Crippen molar-refractivity contribution < 1.29 is 9.59 Å². The molecule has 3 heterocycles. The van der Waals surface area contributed by atoms with Crippen LogP contribution in [0.2, 0.25) is 0 Å². The highest BCUT2D eigenvalue weighted by Gasteiger charge is 2.56. The molecule has 1 saturated heterocycles. The molecule has 2 fully saturated rings. The first-order valence-corrected chi connectivity index (χ1v) is 9.15. The van der Waals surface area contributed by atoms with Crippen molar-refractivity contribution in [3.8, 4) is 0 Å². The number of aryl methyl sites for hydroxylation is 2. The Morgan fingerprint density at radius 2 is 2.04 bits per heavy atom. The maximum absolute atomic E-state index is 12.4. The number of pyridine rings is 1. The van der Waals surface area contributed by atoms with E-state index in [1.165, 1.54) is 10.6 Å². The average Bonchev–Trinajstić information content (AvgIpc) is 2.97. The summed E-state index contributed by atoms with van der Waals surface area (Å²) >= 11 is 0. The molecule has 0 aromatic carbocycles. The van der Waals surface area contributed by atoms with Crippen LogP contribution in [0.3, 0.4) is 0 Å². The van der Waals surface area contributed by atoms with E-state index in [2.05, 4.69) is 15.3 Å². The van der Waals surface area contributed by atoms with Crippen molar-refractivity contribution in [3.63, 3.8) is 0 Å². The highest BCUT2D eigenvalue weighted by atomic mass is 16.2. The number of H-pyrrole nitrogens is 1. The maximum Gasteiger partial charge on any atom is 0.252 e. The van der Waals surface area contributed by atoms with E-state index in [9.17, 15) is 14.4 Å². The van der Waals surface area contributed by atoms with Gasteiger partial charge in [-0.3, -0.25) is 14.4 Å². The molecule has 2 aliphatic rings. The van der Waals surface area contributed by atoms with Gasteiger partial charge in [0, 0.05) is 44.6 Å². The van der Waals surface area contributed by atoms with E-state index in [-0.39, 0.29) is 17.4 Å². The average molecular weight is 369 g/mol. The number of aromatic nitrogens is 3. The summed E-state index contributed by atoms with van der Waals surface area (Å²) in [7, 11) is 1.63. The molecule has 1 saturated carbocycles. The van der Waals surface area contributed by atoms with Gasteiger partial charge in [-0.2, -0.15) is 0 Å².